The van der Waals surface area contributed by atoms with Crippen LogP contribution >= 0.6 is 0 Å². The number of unbranched alkanes of at least 4 members (excludes halogenated alkanes) is 1. The van der Waals surface area contributed by atoms with Gasteiger partial charge in [0.1, 0.15) is 18.6 Å². The predicted molar refractivity (Wildman–Crippen MR) is 108 cm³/mol. The normalized spacial score (nSPS) is 11.0. The molecule has 0 aromatic heterocycles. The predicted octanol–water partition coefficient (Wildman–Crippen LogP) is 1.18. The molecule has 0 atom stereocenters. The number of ether oxygens (including phenoxy) is 3. The molecule has 1 N–H and O–H groups in total. The van der Waals surface area contributed by atoms with Gasteiger partial charge in [0.15, 0.2) is 0 Å². The van der Waals surface area contributed by atoms with Gasteiger partial charge < -0.3 is 14.2 Å². The van der Waals surface area contributed by atoms with Gasteiger partial charge in [0, 0.05) is 11.1 Å². The Morgan fingerprint density at radius 3 is 1.72 bits per heavy atom. The standard InChI is InChI=1S/C18H28O9S.Na.H/c1-6-18(11-26-15(19)13(2)3,12-27-16(20)14(4)5)17(21)25-9-7-8-10-28(22,23)24;;/h2,4,6-12H2,1,3,5H3,(H,22,23,24);;. The monoisotopic (exact) mass is 444 g/mol. The molecule has 0 fully saturated rings. The van der Waals surface area contributed by atoms with Crippen LogP contribution in [0.4, 0.5) is 0 Å². The zero-order valence-electron chi connectivity index (χ0n) is 16.5. The van der Waals surface area contributed by atoms with Gasteiger partial charge in [-0.2, -0.15) is 8.42 Å². The van der Waals surface area contributed by atoms with E-state index in [0.717, 1.165) is 0 Å². The van der Waals surface area contributed by atoms with E-state index in [1.165, 1.54) is 13.8 Å². The Kier molecular flexibility index (Phi) is 14.4. The van der Waals surface area contributed by atoms with E-state index < -0.39 is 39.2 Å². The van der Waals surface area contributed by atoms with Gasteiger partial charge in [0.25, 0.3) is 10.1 Å². The van der Waals surface area contributed by atoms with Crippen molar-refractivity contribution in [3.63, 3.8) is 0 Å². The summed E-state index contributed by atoms with van der Waals surface area (Å²) in [5.41, 5.74) is -1.15. The van der Waals surface area contributed by atoms with Gasteiger partial charge in [-0.15, -0.1) is 0 Å². The maximum atomic E-state index is 12.6. The second-order valence-electron chi connectivity index (χ2n) is 6.48. The van der Waals surface area contributed by atoms with Crippen LogP contribution in [-0.4, -0.2) is 86.0 Å². The summed E-state index contributed by atoms with van der Waals surface area (Å²) >= 11 is 0. The molecule has 0 saturated carbocycles. The third-order valence-electron chi connectivity index (χ3n) is 3.80. The zero-order chi connectivity index (χ0) is 22.0. The van der Waals surface area contributed by atoms with Gasteiger partial charge in [-0.25, -0.2) is 9.59 Å². The number of rotatable bonds is 13. The van der Waals surface area contributed by atoms with Crippen molar-refractivity contribution in [3.05, 3.63) is 24.3 Å². The van der Waals surface area contributed by atoms with Crippen LogP contribution in [-0.2, 0) is 38.7 Å². The molecule has 0 heterocycles. The van der Waals surface area contributed by atoms with Gasteiger partial charge >= 0.3 is 47.5 Å². The van der Waals surface area contributed by atoms with E-state index in [-0.39, 0.29) is 79.8 Å². The van der Waals surface area contributed by atoms with Gasteiger partial charge in [0.05, 0.1) is 12.4 Å². The third kappa shape index (κ3) is 12.2. The van der Waals surface area contributed by atoms with Crippen molar-refractivity contribution in [3.8, 4) is 0 Å². The fraction of sp³-hybridized carbons (Fsp3) is 0.611. The van der Waals surface area contributed by atoms with Crippen molar-refractivity contribution in [2.45, 2.75) is 40.0 Å². The molecule has 0 saturated heterocycles. The van der Waals surface area contributed by atoms with Crippen LogP contribution < -0.4 is 0 Å². The molecule has 162 valence electrons. The van der Waals surface area contributed by atoms with Gasteiger partial charge in [0.2, 0.25) is 0 Å². The Morgan fingerprint density at radius 1 is 0.931 bits per heavy atom. The Morgan fingerprint density at radius 2 is 1.38 bits per heavy atom. The number of hydrogen-bond acceptors (Lipinski definition) is 8. The Hall–Kier alpha value is -1.20. The second-order valence-corrected chi connectivity index (χ2v) is 8.05. The SMILES string of the molecule is C=C(C)C(=O)OCC(CC)(COC(=O)C(=C)C)C(=O)OCCCCS(=O)(=O)O.[NaH]. The van der Waals surface area contributed by atoms with Crippen LogP contribution in [0, 0.1) is 5.41 Å². The molecular formula is C18H29NaO9S. The summed E-state index contributed by atoms with van der Waals surface area (Å²) in [4.78, 5) is 36.0. The minimum absolute atomic E-state index is 0. The van der Waals surface area contributed by atoms with Crippen molar-refractivity contribution >= 4 is 57.6 Å². The summed E-state index contributed by atoms with van der Waals surface area (Å²) in [6, 6.07) is 0. The molecular weight excluding hydrogens is 415 g/mol. The van der Waals surface area contributed by atoms with Crippen molar-refractivity contribution < 1.29 is 41.6 Å². The molecule has 0 aliphatic heterocycles. The molecule has 0 unspecified atom stereocenters. The number of carbonyl (C=O) groups excluding carboxylic acids is 3. The summed E-state index contributed by atoms with van der Waals surface area (Å²) < 4.78 is 45.4. The summed E-state index contributed by atoms with van der Waals surface area (Å²) in [5.74, 6) is -2.61. The molecule has 0 aromatic carbocycles. The molecule has 0 aromatic rings. The Bertz CT molecular complexity index is 683. The molecule has 0 spiro atoms. The number of hydrogen-bond donors (Lipinski definition) is 1. The van der Waals surface area contributed by atoms with Crippen LogP contribution in [0.2, 0.25) is 0 Å². The van der Waals surface area contributed by atoms with Crippen LogP contribution in [0.1, 0.15) is 40.0 Å². The molecule has 0 aliphatic carbocycles. The Labute approximate surface area is 193 Å². The van der Waals surface area contributed by atoms with Crippen molar-refractivity contribution in [1.82, 2.24) is 0 Å². The molecule has 0 amide bonds. The molecule has 0 aliphatic rings. The van der Waals surface area contributed by atoms with Crippen LogP contribution in [0.15, 0.2) is 24.3 Å². The average molecular weight is 444 g/mol. The third-order valence-corrected chi connectivity index (χ3v) is 4.60. The quantitative estimate of drug-likeness (QED) is 0.111. The summed E-state index contributed by atoms with van der Waals surface area (Å²) in [6.07, 6.45) is 0.437. The van der Waals surface area contributed by atoms with Crippen molar-refractivity contribution in [2.75, 3.05) is 25.6 Å². The van der Waals surface area contributed by atoms with E-state index in [2.05, 4.69) is 13.2 Å². The molecule has 11 heteroatoms. The topological polar surface area (TPSA) is 133 Å². The van der Waals surface area contributed by atoms with E-state index in [9.17, 15) is 22.8 Å². The summed E-state index contributed by atoms with van der Waals surface area (Å²) in [7, 11) is -4.08. The maximum absolute atomic E-state index is 12.6. The van der Waals surface area contributed by atoms with Gasteiger partial charge in [-0.05, 0) is 33.1 Å². The van der Waals surface area contributed by atoms with E-state index in [0.29, 0.717) is 0 Å². The summed E-state index contributed by atoms with van der Waals surface area (Å²) in [5, 5.41) is 0. The molecule has 9 nitrogen and oxygen atoms in total. The van der Waals surface area contributed by atoms with E-state index >= 15 is 0 Å². The fourth-order valence-corrected chi connectivity index (χ4v) is 2.44. The second kappa shape index (κ2) is 13.9. The van der Waals surface area contributed by atoms with Crippen LogP contribution in [0.25, 0.3) is 0 Å². The fourth-order valence-electron chi connectivity index (χ4n) is 1.87. The van der Waals surface area contributed by atoms with Gasteiger partial charge in [-0.3, -0.25) is 9.35 Å². The first kappa shape index (κ1) is 30.0. The zero-order valence-corrected chi connectivity index (χ0v) is 17.3. The molecule has 0 bridgehead atoms. The minimum atomic E-state index is -4.08. The number of carbonyl (C=O) groups is 3. The number of esters is 3. The molecule has 0 radical (unpaired) electrons. The van der Waals surface area contributed by atoms with Crippen LogP contribution in [0.5, 0.6) is 0 Å². The first-order valence-electron chi connectivity index (χ1n) is 8.62. The Balaban J connectivity index is 0. The molecule has 0 rings (SSSR count). The first-order valence-corrected chi connectivity index (χ1v) is 10.2. The van der Waals surface area contributed by atoms with Crippen molar-refractivity contribution in [2.24, 2.45) is 5.41 Å². The van der Waals surface area contributed by atoms with E-state index in [1.54, 1.807) is 6.92 Å². The molecule has 29 heavy (non-hydrogen) atoms. The van der Waals surface area contributed by atoms with E-state index in [4.69, 9.17) is 18.8 Å². The van der Waals surface area contributed by atoms with Crippen LogP contribution in [0.3, 0.4) is 0 Å². The van der Waals surface area contributed by atoms with Crippen molar-refractivity contribution in [1.29, 1.82) is 0 Å². The summed E-state index contributed by atoms with van der Waals surface area (Å²) in [6.45, 7) is 10.6. The average Bonchev–Trinajstić information content (AvgIpc) is 2.59. The van der Waals surface area contributed by atoms with Gasteiger partial charge in [-0.1, -0.05) is 20.1 Å². The first-order chi connectivity index (χ1) is 12.8. The van der Waals surface area contributed by atoms with E-state index in [1.807, 2.05) is 0 Å².